The maximum atomic E-state index is 10.5. The van der Waals surface area contributed by atoms with Crippen LogP contribution in [0.5, 0.6) is 0 Å². The first-order chi connectivity index (χ1) is 8.67. The van der Waals surface area contributed by atoms with E-state index in [0.717, 1.165) is 35.5 Å². The molecule has 2 rings (SSSR count). The van der Waals surface area contributed by atoms with Crippen molar-refractivity contribution in [2.75, 3.05) is 0 Å². The van der Waals surface area contributed by atoms with Crippen LogP contribution in [0, 0.1) is 6.92 Å². The van der Waals surface area contributed by atoms with E-state index in [1.54, 1.807) is 0 Å². The highest BCUT2D eigenvalue weighted by atomic mass is 16.3. The highest BCUT2D eigenvalue weighted by Crippen LogP contribution is 2.25. The minimum absolute atomic E-state index is 0.598. The first-order valence-corrected chi connectivity index (χ1v) is 6.47. The van der Waals surface area contributed by atoms with Crippen LogP contribution < -0.4 is 0 Å². The smallest absolute Gasteiger partial charge is 0.121 e. The lowest BCUT2D eigenvalue weighted by molar-refractivity contribution is 0.207. The summed E-state index contributed by atoms with van der Waals surface area (Å²) < 4.78 is 1.88. The lowest BCUT2D eigenvalue weighted by Crippen LogP contribution is -2.10. The summed E-state index contributed by atoms with van der Waals surface area (Å²) >= 11 is 0. The van der Waals surface area contributed by atoms with Crippen LogP contribution in [0.1, 0.15) is 42.5 Å². The fraction of sp³-hybridized carbons (Fsp3) is 0.400. The van der Waals surface area contributed by atoms with Gasteiger partial charge in [0.2, 0.25) is 0 Å². The standard InChI is InChI=1S/C15H20N2O/c1-4-12-10-14(17(5-2)16-12)15(18)13-9-7-6-8-11(13)3/h6-10,15,18H,4-5H2,1-3H3. The fourth-order valence-electron chi connectivity index (χ4n) is 2.19. The van der Waals surface area contributed by atoms with Crippen molar-refractivity contribution in [2.24, 2.45) is 0 Å². The van der Waals surface area contributed by atoms with Gasteiger partial charge in [0, 0.05) is 6.54 Å². The molecule has 1 aromatic carbocycles. The van der Waals surface area contributed by atoms with E-state index in [4.69, 9.17) is 0 Å². The van der Waals surface area contributed by atoms with Gasteiger partial charge in [0.25, 0.3) is 0 Å². The normalized spacial score (nSPS) is 12.7. The van der Waals surface area contributed by atoms with Gasteiger partial charge in [0.1, 0.15) is 6.10 Å². The van der Waals surface area contributed by atoms with Gasteiger partial charge in [-0.2, -0.15) is 5.10 Å². The number of nitrogens with zero attached hydrogens (tertiary/aromatic N) is 2. The van der Waals surface area contributed by atoms with Crippen LogP contribution >= 0.6 is 0 Å². The third-order valence-corrected chi connectivity index (χ3v) is 3.29. The van der Waals surface area contributed by atoms with Gasteiger partial charge in [-0.3, -0.25) is 4.68 Å². The Bertz CT molecular complexity index is 531. The highest BCUT2D eigenvalue weighted by Gasteiger charge is 2.18. The molecule has 0 aliphatic rings. The minimum atomic E-state index is -0.598. The molecule has 0 aliphatic carbocycles. The van der Waals surface area contributed by atoms with Crippen molar-refractivity contribution in [3.8, 4) is 0 Å². The van der Waals surface area contributed by atoms with Crippen molar-refractivity contribution in [2.45, 2.75) is 39.8 Å². The summed E-state index contributed by atoms with van der Waals surface area (Å²) in [5.74, 6) is 0. The van der Waals surface area contributed by atoms with Gasteiger partial charge in [-0.05, 0) is 37.5 Å². The molecule has 0 amide bonds. The average Bonchev–Trinajstić information content (AvgIpc) is 2.82. The molecule has 1 N–H and O–H groups in total. The van der Waals surface area contributed by atoms with Gasteiger partial charge in [-0.25, -0.2) is 0 Å². The van der Waals surface area contributed by atoms with Crippen LogP contribution in [0.15, 0.2) is 30.3 Å². The molecule has 0 bridgehead atoms. The van der Waals surface area contributed by atoms with Gasteiger partial charge >= 0.3 is 0 Å². The monoisotopic (exact) mass is 244 g/mol. The summed E-state index contributed by atoms with van der Waals surface area (Å²) in [6.07, 6.45) is 0.291. The van der Waals surface area contributed by atoms with E-state index in [-0.39, 0.29) is 0 Å². The molecule has 2 aromatic rings. The van der Waals surface area contributed by atoms with E-state index in [2.05, 4.69) is 12.0 Å². The Morgan fingerprint density at radius 2 is 2.00 bits per heavy atom. The van der Waals surface area contributed by atoms with Gasteiger partial charge in [0.05, 0.1) is 11.4 Å². The molecule has 96 valence electrons. The maximum absolute atomic E-state index is 10.5. The summed E-state index contributed by atoms with van der Waals surface area (Å²) in [6.45, 7) is 6.91. The Morgan fingerprint density at radius 3 is 2.61 bits per heavy atom. The molecule has 0 spiro atoms. The summed E-state index contributed by atoms with van der Waals surface area (Å²) in [7, 11) is 0. The molecule has 0 radical (unpaired) electrons. The third-order valence-electron chi connectivity index (χ3n) is 3.29. The van der Waals surface area contributed by atoms with Crippen LogP contribution in [-0.4, -0.2) is 14.9 Å². The zero-order chi connectivity index (χ0) is 13.1. The van der Waals surface area contributed by atoms with Gasteiger partial charge in [-0.1, -0.05) is 31.2 Å². The maximum Gasteiger partial charge on any atom is 0.121 e. The molecule has 0 saturated carbocycles. The second-order valence-electron chi connectivity index (χ2n) is 4.49. The number of hydrogen-bond donors (Lipinski definition) is 1. The molecule has 1 unspecified atom stereocenters. The Kier molecular flexibility index (Phi) is 3.82. The van der Waals surface area contributed by atoms with E-state index in [1.165, 1.54) is 0 Å². The zero-order valence-electron chi connectivity index (χ0n) is 11.2. The van der Waals surface area contributed by atoms with Crippen molar-refractivity contribution in [3.63, 3.8) is 0 Å². The SMILES string of the molecule is CCc1cc(C(O)c2ccccc2C)n(CC)n1. The number of aliphatic hydroxyl groups excluding tert-OH is 1. The number of benzene rings is 1. The molecular weight excluding hydrogens is 224 g/mol. The van der Waals surface area contributed by atoms with E-state index >= 15 is 0 Å². The van der Waals surface area contributed by atoms with E-state index in [9.17, 15) is 5.11 Å². The lowest BCUT2D eigenvalue weighted by atomic mass is 10.0. The third kappa shape index (κ3) is 2.31. The van der Waals surface area contributed by atoms with E-state index in [1.807, 2.05) is 48.9 Å². The van der Waals surface area contributed by atoms with Gasteiger partial charge in [-0.15, -0.1) is 0 Å². The predicted octanol–water partition coefficient (Wildman–Crippen LogP) is 2.86. The topological polar surface area (TPSA) is 38.0 Å². The van der Waals surface area contributed by atoms with E-state index < -0.39 is 6.10 Å². The Hall–Kier alpha value is -1.61. The van der Waals surface area contributed by atoms with E-state index in [0.29, 0.717) is 0 Å². The van der Waals surface area contributed by atoms with Crippen molar-refractivity contribution < 1.29 is 5.11 Å². The van der Waals surface area contributed by atoms with Gasteiger partial charge < -0.3 is 5.11 Å². The summed E-state index contributed by atoms with van der Waals surface area (Å²) in [4.78, 5) is 0. The first kappa shape index (κ1) is 12.8. The lowest BCUT2D eigenvalue weighted by Gasteiger charge is -2.14. The Morgan fingerprint density at radius 1 is 1.28 bits per heavy atom. The molecule has 3 heteroatoms. The number of aromatic nitrogens is 2. The molecule has 0 fully saturated rings. The van der Waals surface area contributed by atoms with Crippen molar-refractivity contribution in [1.82, 2.24) is 9.78 Å². The van der Waals surface area contributed by atoms with Crippen molar-refractivity contribution >= 4 is 0 Å². The molecule has 0 saturated heterocycles. The van der Waals surface area contributed by atoms with Crippen molar-refractivity contribution in [1.29, 1.82) is 0 Å². The van der Waals surface area contributed by atoms with Gasteiger partial charge in [0.15, 0.2) is 0 Å². The highest BCUT2D eigenvalue weighted by molar-refractivity contribution is 5.33. The Labute approximate surface area is 108 Å². The number of aryl methyl sites for hydroxylation is 3. The van der Waals surface area contributed by atoms with Crippen LogP contribution in [0.25, 0.3) is 0 Å². The van der Waals surface area contributed by atoms with Crippen LogP contribution in [0.3, 0.4) is 0 Å². The minimum Gasteiger partial charge on any atom is -0.382 e. The van der Waals surface area contributed by atoms with Crippen LogP contribution in [0.4, 0.5) is 0 Å². The Balaban J connectivity index is 2.42. The molecular formula is C15H20N2O. The molecule has 3 nitrogen and oxygen atoms in total. The number of rotatable bonds is 4. The zero-order valence-corrected chi connectivity index (χ0v) is 11.2. The fourth-order valence-corrected chi connectivity index (χ4v) is 2.19. The predicted molar refractivity (Wildman–Crippen MR) is 72.5 cm³/mol. The quantitative estimate of drug-likeness (QED) is 0.898. The second-order valence-corrected chi connectivity index (χ2v) is 4.49. The summed E-state index contributed by atoms with van der Waals surface area (Å²) in [5, 5.41) is 15.0. The molecule has 1 atom stereocenters. The summed E-state index contributed by atoms with van der Waals surface area (Å²) in [6, 6.07) is 9.93. The van der Waals surface area contributed by atoms with Crippen LogP contribution in [-0.2, 0) is 13.0 Å². The van der Waals surface area contributed by atoms with Crippen molar-refractivity contribution in [3.05, 3.63) is 52.8 Å². The summed E-state index contributed by atoms with van der Waals surface area (Å²) in [5.41, 5.74) is 3.96. The average molecular weight is 244 g/mol. The molecule has 1 aromatic heterocycles. The largest absolute Gasteiger partial charge is 0.382 e. The molecule has 1 heterocycles. The molecule has 18 heavy (non-hydrogen) atoms. The number of hydrogen-bond acceptors (Lipinski definition) is 2. The number of aliphatic hydroxyl groups is 1. The molecule has 0 aliphatic heterocycles. The first-order valence-electron chi connectivity index (χ1n) is 6.47. The second kappa shape index (κ2) is 5.36. The van der Waals surface area contributed by atoms with Crippen LogP contribution in [0.2, 0.25) is 0 Å².